The molecular formula is C56H32O2. The SMILES string of the molecule is c1ccc(-c2ccc3ccc4c(-c5ccc(-c6ccc(-c7cccc8oc9ccccc9c78)cc6)c6oc7cc8ccccc8cc7c56)ccc5ccc2c3c54)cc1. The van der Waals surface area contributed by atoms with Gasteiger partial charge in [-0.3, -0.25) is 0 Å². The number of para-hydroxylation sites is 1. The second-order valence-corrected chi connectivity index (χ2v) is 15.5. The minimum Gasteiger partial charge on any atom is -0.456 e. The molecule has 0 fully saturated rings. The highest BCUT2D eigenvalue weighted by molar-refractivity contribution is 6.29. The Morgan fingerprint density at radius 2 is 0.828 bits per heavy atom. The van der Waals surface area contributed by atoms with E-state index in [1.165, 1.54) is 65.3 Å². The second kappa shape index (κ2) is 11.9. The molecule has 0 N–H and O–H groups in total. The third-order valence-corrected chi connectivity index (χ3v) is 12.4. The first-order valence-corrected chi connectivity index (χ1v) is 19.9. The predicted octanol–water partition coefficient (Wildman–Crippen LogP) is 16.2. The number of hydrogen-bond donors (Lipinski definition) is 0. The highest BCUT2D eigenvalue weighted by Crippen LogP contribution is 2.48. The largest absolute Gasteiger partial charge is 0.456 e. The van der Waals surface area contributed by atoms with Crippen molar-refractivity contribution in [3.8, 4) is 44.5 Å². The van der Waals surface area contributed by atoms with Crippen LogP contribution in [0.1, 0.15) is 0 Å². The summed E-state index contributed by atoms with van der Waals surface area (Å²) in [7, 11) is 0. The average Bonchev–Trinajstić information content (AvgIpc) is 3.86. The van der Waals surface area contributed by atoms with Crippen LogP contribution in [0.15, 0.2) is 203 Å². The molecule has 0 aliphatic heterocycles. The van der Waals surface area contributed by atoms with E-state index in [1.54, 1.807) is 0 Å². The minimum absolute atomic E-state index is 0.891. The summed E-state index contributed by atoms with van der Waals surface area (Å²) < 4.78 is 13.2. The zero-order chi connectivity index (χ0) is 37.9. The fourth-order valence-corrected chi connectivity index (χ4v) is 9.77. The van der Waals surface area contributed by atoms with Gasteiger partial charge in [-0.05, 0) is 112 Å². The van der Waals surface area contributed by atoms with Gasteiger partial charge < -0.3 is 8.83 Å². The molecule has 13 aromatic rings. The molecule has 11 aromatic carbocycles. The summed E-state index contributed by atoms with van der Waals surface area (Å²) in [6.45, 7) is 0. The van der Waals surface area contributed by atoms with Gasteiger partial charge in [0.2, 0.25) is 0 Å². The molecule has 2 aromatic heterocycles. The lowest BCUT2D eigenvalue weighted by Gasteiger charge is -2.17. The van der Waals surface area contributed by atoms with Crippen LogP contribution < -0.4 is 0 Å². The second-order valence-electron chi connectivity index (χ2n) is 15.5. The highest BCUT2D eigenvalue weighted by atomic mass is 16.3. The third-order valence-electron chi connectivity index (χ3n) is 12.4. The molecule has 268 valence electrons. The first-order chi connectivity index (χ1) is 28.7. The Balaban J connectivity index is 1.04. The van der Waals surface area contributed by atoms with E-state index in [9.17, 15) is 0 Å². The molecule has 0 spiro atoms. The van der Waals surface area contributed by atoms with Gasteiger partial charge in [-0.25, -0.2) is 0 Å². The lowest BCUT2D eigenvalue weighted by molar-refractivity contribution is 0.669. The van der Waals surface area contributed by atoms with Crippen molar-refractivity contribution in [1.29, 1.82) is 0 Å². The molecule has 58 heavy (non-hydrogen) atoms. The van der Waals surface area contributed by atoms with Crippen molar-refractivity contribution >= 4 is 87.0 Å². The predicted molar refractivity (Wildman–Crippen MR) is 244 cm³/mol. The van der Waals surface area contributed by atoms with Gasteiger partial charge >= 0.3 is 0 Å². The number of hydrogen-bond acceptors (Lipinski definition) is 2. The molecule has 0 amide bonds. The van der Waals surface area contributed by atoms with Crippen molar-refractivity contribution in [1.82, 2.24) is 0 Å². The molecule has 0 bridgehead atoms. The van der Waals surface area contributed by atoms with Gasteiger partial charge in [0.25, 0.3) is 0 Å². The standard InChI is InChI=1S/C56H32O2/c1-2-9-33(10-3-1)40-25-21-36-24-28-45-43(26-22-37-23-27-44(40)52(36)53(37)45)46-30-29-42(56-55(46)48-31-38-11-4-5-12-39(38)32-51(48)58-56)35-19-17-34(18-20-35)41-14-8-16-50-54(41)47-13-6-7-15-49(47)57-50/h1-32H. The van der Waals surface area contributed by atoms with Gasteiger partial charge in [0.1, 0.15) is 22.3 Å². The molecule has 0 aliphatic rings. The van der Waals surface area contributed by atoms with Gasteiger partial charge in [-0.2, -0.15) is 0 Å². The van der Waals surface area contributed by atoms with E-state index in [4.69, 9.17) is 8.83 Å². The molecule has 13 rings (SSSR count). The van der Waals surface area contributed by atoms with Gasteiger partial charge in [0, 0.05) is 27.1 Å². The van der Waals surface area contributed by atoms with Crippen LogP contribution in [0.4, 0.5) is 0 Å². The topological polar surface area (TPSA) is 26.3 Å². The van der Waals surface area contributed by atoms with Crippen LogP contribution in [-0.2, 0) is 0 Å². The van der Waals surface area contributed by atoms with Crippen molar-refractivity contribution in [2.75, 3.05) is 0 Å². The van der Waals surface area contributed by atoms with E-state index in [2.05, 4.69) is 182 Å². The third kappa shape index (κ3) is 4.48. The average molecular weight is 737 g/mol. The van der Waals surface area contributed by atoms with Crippen LogP contribution in [0.2, 0.25) is 0 Å². The van der Waals surface area contributed by atoms with Gasteiger partial charge in [-0.1, -0.05) is 164 Å². The zero-order valence-electron chi connectivity index (χ0n) is 31.3. The van der Waals surface area contributed by atoms with E-state index < -0.39 is 0 Å². The van der Waals surface area contributed by atoms with Crippen LogP contribution >= 0.6 is 0 Å². The molecule has 2 heterocycles. The molecule has 0 saturated carbocycles. The van der Waals surface area contributed by atoms with Gasteiger partial charge in [-0.15, -0.1) is 0 Å². The smallest absolute Gasteiger partial charge is 0.143 e. The van der Waals surface area contributed by atoms with Crippen LogP contribution in [0.25, 0.3) is 131 Å². The molecule has 0 radical (unpaired) electrons. The van der Waals surface area contributed by atoms with Crippen molar-refractivity contribution in [2.24, 2.45) is 0 Å². The summed E-state index contributed by atoms with van der Waals surface area (Å²) in [6, 6.07) is 70.3. The van der Waals surface area contributed by atoms with Crippen LogP contribution in [0.3, 0.4) is 0 Å². The summed E-state index contributed by atoms with van der Waals surface area (Å²) in [5.41, 5.74) is 12.9. The van der Waals surface area contributed by atoms with Gasteiger partial charge in [0.15, 0.2) is 0 Å². The summed E-state index contributed by atoms with van der Waals surface area (Å²) in [5.74, 6) is 0. The number of fused-ring (bicyclic) bond motifs is 7. The zero-order valence-corrected chi connectivity index (χ0v) is 31.3. The Bertz CT molecular complexity index is 3770. The Labute approximate surface area is 333 Å². The van der Waals surface area contributed by atoms with Crippen LogP contribution in [0.5, 0.6) is 0 Å². The first-order valence-electron chi connectivity index (χ1n) is 19.9. The summed E-state index contributed by atoms with van der Waals surface area (Å²) >= 11 is 0. The maximum absolute atomic E-state index is 7.00. The molecule has 0 atom stereocenters. The van der Waals surface area contributed by atoms with Crippen molar-refractivity contribution < 1.29 is 8.83 Å². The van der Waals surface area contributed by atoms with E-state index in [1.807, 2.05) is 12.1 Å². The summed E-state index contributed by atoms with van der Waals surface area (Å²) in [4.78, 5) is 0. The molecular weight excluding hydrogens is 705 g/mol. The molecule has 2 nitrogen and oxygen atoms in total. The molecule has 0 unspecified atom stereocenters. The normalized spacial score (nSPS) is 12.1. The van der Waals surface area contributed by atoms with E-state index in [-0.39, 0.29) is 0 Å². The number of furan rings is 2. The summed E-state index contributed by atoms with van der Waals surface area (Å²) in [5, 5.41) is 14.5. The Morgan fingerprint density at radius 3 is 1.62 bits per heavy atom. The van der Waals surface area contributed by atoms with E-state index in [0.717, 1.165) is 66.1 Å². The highest BCUT2D eigenvalue weighted by Gasteiger charge is 2.21. The van der Waals surface area contributed by atoms with Crippen LogP contribution in [0, 0.1) is 0 Å². The van der Waals surface area contributed by atoms with Crippen molar-refractivity contribution in [2.45, 2.75) is 0 Å². The molecule has 0 aliphatic carbocycles. The molecule has 2 heteroatoms. The monoisotopic (exact) mass is 736 g/mol. The fraction of sp³-hybridized carbons (Fsp3) is 0. The lowest BCUT2D eigenvalue weighted by atomic mass is 9.86. The fourth-order valence-electron chi connectivity index (χ4n) is 9.77. The quantitative estimate of drug-likeness (QED) is 0.168. The number of rotatable bonds is 4. The Kier molecular flexibility index (Phi) is 6.47. The first kappa shape index (κ1) is 31.5. The van der Waals surface area contributed by atoms with Crippen molar-refractivity contribution in [3.05, 3.63) is 194 Å². The maximum atomic E-state index is 7.00. The Hall–Kier alpha value is -7.68. The maximum Gasteiger partial charge on any atom is 0.143 e. The van der Waals surface area contributed by atoms with Crippen LogP contribution in [-0.4, -0.2) is 0 Å². The minimum atomic E-state index is 0.891. The lowest BCUT2D eigenvalue weighted by Crippen LogP contribution is -1.90. The number of benzene rings is 11. The Morgan fingerprint density at radius 1 is 0.241 bits per heavy atom. The molecule has 0 saturated heterocycles. The van der Waals surface area contributed by atoms with Crippen molar-refractivity contribution in [3.63, 3.8) is 0 Å². The van der Waals surface area contributed by atoms with E-state index >= 15 is 0 Å². The van der Waals surface area contributed by atoms with E-state index in [0.29, 0.717) is 0 Å². The van der Waals surface area contributed by atoms with Gasteiger partial charge in [0.05, 0.1) is 0 Å². The summed E-state index contributed by atoms with van der Waals surface area (Å²) in [6.07, 6.45) is 0.